The number of anilines is 1. The zero-order chi connectivity index (χ0) is 19.4. The van der Waals surface area contributed by atoms with Gasteiger partial charge in [0, 0.05) is 10.7 Å². The molecule has 0 aromatic heterocycles. The van der Waals surface area contributed by atoms with Crippen LogP contribution in [0.1, 0.15) is 28.9 Å². The van der Waals surface area contributed by atoms with Crippen LogP contribution in [0.15, 0.2) is 36.4 Å². The summed E-state index contributed by atoms with van der Waals surface area (Å²) in [6, 6.07) is 9.60. The molecule has 8 heteroatoms. The molecule has 0 fully saturated rings. The fraction of sp³-hybridized carbons (Fsp3) is 0.263. The number of fused-ring (bicyclic) bond motifs is 1. The number of nitrogens with one attached hydrogen (secondary N) is 1. The van der Waals surface area contributed by atoms with Crippen LogP contribution >= 0.6 is 11.6 Å². The molecule has 2 aromatic carbocycles. The summed E-state index contributed by atoms with van der Waals surface area (Å²) >= 11 is 5.80. The largest absolute Gasteiger partial charge is 0.486 e. The number of hydrogen-bond acceptors (Lipinski definition) is 6. The molecule has 27 heavy (non-hydrogen) atoms. The molecule has 142 valence electrons. The predicted octanol–water partition coefficient (Wildman–Crippen LogP) is 2.73. The number of hydrogen-bond donors (Lipinski definition) is 2. The number of amides is 1. The van der Waals surface area contributed by atoms with E-state index >= 15 is 0 Å². The van der Waals surface area contributed by atoms with Crippen molar-refractivity contribution in [3.05, 3.63) is 52.5 Å². The van der Waals surface area contributed by atoms with Crippen LogP contribution in [0.4, 0.5) is 5.69 Å². The van der Waals surface area contributed by atoms with Gasteiger partial charge in [0.1, 0.15) is 13.2 Å². The average molecular weight is 391 g/mol. The minimum absolute atomic E-state index is 0.159. The lowest BCUT2D eigenvalue weighted by Gasteiger charge is -2.21. The minimum Gasteiger partial charge on any atom is -0.486 e. The van der Waals surface area contributed by atoms with Crippen LogP contribution in [0, 0.1) is 0 Å². The Morgan fingerprint density at radius 2 is 1.93 bits per heavy atom. The van der Waals surface area contributed by atoms with E-state index in [4.69, 9.17) is 31.5 Å². The molecule has 0 saturated heterocycles. The average Bonchev–Trinajstić information content (AvgIpc) is 2.65. The van der Waals surface area contributed by atoms with Crippen molar-refractivity contribution in [2.45, 2.75) is 13.0 Å². The normalized spacial score (nSPS) is 13.6. The number of benzene rings is 2. The number of nitrogens with two attached hydrogens (primary N) is 1. The van der Waals surface area contributed by atoms with E-state index in [-0.39, 0.29) is 17.3 Å². The van der Waals surface area contributed by atoms with Gasteiger partial charge in [0.05, 0.1) is 11.6 Å². The van der Waals surface area contributed by atoms with Gasteiger partial charge in [-0.25, -0.2) is 4.79 Å². The van der Waals surface area contributed by atoms with E-state index in [1.165, 1.54) is 18.2 Å². The standard InChI is InChI=1S/C19H19ClN2O5/c1-11(12-2-5-16-17(8-12)26-7-6-25-16)22-18(23)10-27-19(24)14-4-3-13(20)9-15(14)21/h2-5,8-9,11H,6-7,10,21H2,1H3,(H,22,23). The first-order chi connectivity index (χ1) is 12.9. The molecule has 3 N–H and O–H groups in total. The highest BCUT2D eigenvalue weighted by Gasteiger charge is 2.17. The summed E-state index contributed by atoms with van der Waals surface area (Å²) in [6.07, 6.45) is 0. The van der Waals surface area contributed by atoms with Gasteiger partial charge >= 0.3 is 5.97 Å². The second-order valence-corrected chi connectivity index (χ2v) is 6.44. The van der Waals surface area contributed by atoms with Crippen molar-refractivity contribution in [3.63, 3.8) is 0 Å². The number of carbonyl (C=O) groups is 2. The van der Waals surface area contributed by atoms with Gasteiger partial charge in [-0.1, -0.05) is 17.7 Å². The Morgan fingerprint density at radius 3 is 2.67 bits per heavy atom. The smallest absolute Gasteiger partial charge is 0.340 e. The third kappa shape index (κ3) is 4.62. The highest BCUT2D eigenvalue weighted by atomic mass is 35.5. The van der Waals surface area contributed by atoms with Crippen LogP contribution in [0.2, 0.25) is 5.02 Å². The highest BCUT2D eigenvalue weighted by molar-refractivity contribution is 6.31. The molecular weight excluding hydrogens is 372 g/mol. The molecule has 1 unspecified atom stereocenters. The molecule has 3 rings (SSSR count). The van der Waals surface area contributed by atoms with Gasteiger partial charge in [-0.3, -0.25) is 4.79 Å². The Labute approximate surface area is 161 Å². The number of esters is 1. The minimum atomic E-state index is -0.689. The van der Waals surface area contributed by atoms with Gasteiger partial charge in [0.2, 0.25) is 0 Å². The molecule has 1 amide bonds. The number of carbonyl (C=O) groups excluding carboxylic acids is 2. The molecule has 0 spiro atoms. The Morgan fingerprint density at radius 1 is 1.19 bits per heavy atom. The van der Waals surface area contributed by atoms with E-state index in [1.807, 2.05) is 19.1 Å². The highest BCUT2D eigenvalue weighted by Crippen LogP contribution is 2.32. The summed E-state index contributed by atoms with van der Waals surface area (Å²) in [4.78, 5) is 24.1. The van der Waals surface area contributed by atoms with Crippen molar-refractivity contribution >= 4 is 29.2 Å². The van der Waals surface area contributed by atoms with E-state index < -0.39 is 18.5 Å². The SMILES string of the molecule is CC(NC(=O)COC(=O)c1ccc(Cl)cc1N)c1ccc2c(c1)OCCO2. The van der Waals surface area contributed by atoms with Crippen LogP contribution in [-0.2, 0) is 9.53 Å². The lowest BCUT2D eigenvalue weighted by Crippen LogP contribution is -2.31. The maximum atomic E-state index is 12.1. The monoisotopic (exact) mass is 390 g/mol. The molecule has 1 atom stereocenters. The number of halogens is 1. The quantitative estimate of drug-likeness (QED) is 0.601. The molecule has 1 heterocycles. The van der Waals surface area contributed by atoms with Gasteiger partial charge < -0.3 is 25.3 Å². The van der Waals surface area contributed by atoms with E-state index in [0.29, 0.717) is 29.7 Å². The Kier molecular flexibility index (Phi) is 5.71. The summed E-state index contributed by atoms with van der Waals surface area (Å²) in [7, 11) is 0. The van der Waals surface area contributed by atoms with E-state index in [2.05, 4.69) is 5.32 Å². The fourth-order valence-corrected chi connectivity index (χ4v) is 2.80. The Hall–Kier alpha value is -2.93. The fourth-order valence-electron chi connectivity index (χ4n) is 2.62. The van der Waals surface area contributed by atoms with Gasteiger partial charge in [-0.05, 0) is 42.8 Å². The first kappa shape index (κ1) is 18.8. The zero-order valence-electron chi connectivity index (χ0n) is 14.7. The summed E-state index contributed by atoms with van der Waals surface area (Å²) < 4.78 is 16.0. The van der Waals surface area contributed by atoms with Gasteiger partial charge in [0.25, 0.3) is 5.91 Å². The van der Waals surface area contributed by atoms with Crippen molar-refractivity contribution in [3.8, 4) is 11.5 Å². The van der Waals surface area contributed by atoms with E-state index in [0.717, 1.165) is 5.56 Å². The van der Waals surface area contributed by atoms with Crippen molar-refractivity contribution in [1.29, 1.82) is 0 Å². The van der Waals surface area contributed by atoms with Gasteiger partial charge in [-0.2, -0.15) is 0 Å². The van der Waals surface area contributed by atoms with Crippen molar-refractivity contribution in [1.82, 2.24) is 5.32 Å². The van der Waals surface area contributed by atoms with Gasteiger partial charge in [-0.15, -0.1) is 0 Å². The summed E-state index contributed by atoms with van der Waals surface area (Å²) in [5, 5.41) is 3.18. The first-order valence-electron chi connectivity index (χ1n) is 8.35. The van der Waals surface area contributed by atoms with Crippen LogP contribution in [0.5, 0.6) is 11.5 Å². The lowest BCUT2D eigenvalue weighted by atomic mass is 10.1. The maximum Gasteiger partial charge on any atom is 0.340 e. The third-order valence-corrected chi connectivity index (χ3v) is 4.25. The topological polar surface area (TPSA) is 99.9 Å². The zero-order valence-corrected chi connectivity index (χ0v) is 15.4. The van der Waals surface area contributed by atoms with E-state index in [1.54, 1.807) is 6.07 Å². The molecule has 0 saturated carbocycles. The molecule has 0 aliphatic carbocycles. The number of nitrogen functional groups attached to an aromatic ring is 1. The summed E-state index contributed by atoms with van der Waals surface area (Å²) in [5.74, 6) is 0.201. The second-order valence-electron chi connectivity index (χ2n) is 6.00. The lowest BCUT2D eigenvalue weighted by molar-refractivity contribution is -0.124. The van der Waals surface area contributed by atoms with Crippen LogP contribution < -0.4 is 20.5 Å². The van der Waals surface area contributed by atoms with Crippen LogP contribution in [-0.4, -0.2) is 31.7 Å². The molecule has 2 aromatic rings. The van der Waals surface area contributed by atoms with Crippen molar-refractivity contribution in [2.24, 2.45) is 0 Å². The molecule has 1 aliphatic rings. The third-order valence-electron chi connectivity index (χ3n) is 4.01. The first-order valence-corrected chi connectivity index (χ1v) is 8.73. The molecular formula is C19H19ClN2O5. The summed E-state index contributed by atoms with van der Waals surface area (Å²) in [5.41, 5.74) is 6.93. The molecule has 0 radical (unpaired) electrons. The number of rotatable bonds is 5. The summed E-state index contributed by atoms with van der Waals surface area (Å²) in [6.45, 7) is 2.40. The number of ether oxygens (including phenoxy) is 3. The Bertz CT molecular complexity index is 871. The van der Waals surface area contributed by atoms with Gasteiger partial charge in [0.15, 0.2) is 18.1 Å². The molecule has 7 nitrogen and oxygen atoms in total. The van der Waals surface area contributed by atoms with Crippen molar-refractivity contribution < 1.29 is 23.8 Å². The molecule has 0 bridgehead atoms. The predicted molar refractivity (Wildman–Crippen MR) is 100 cm³/mol. The van der Waals surface area contributed by atoms with Crippen LogP contribution in [0.3, 0.4) is 0 Å². The maximum absolute atomic E-state index is 12.1. The Balaban J connectivity index is 1.55. The second kappa shape index (κ2) is 8.18. The van der Waals surface area contributed by atoms with Crippen LogP contribution in [0.25, 0.3) is 0 Å². The van der Waals surface area contributed by atoms with Crippen molar-refractivity contribution in [2.75, 3.05) is 25.6 Å². The molecule has 1 aliphatic heterocycles. The van der Waals surface area contributed by atoms with E-state index in [9.17, 15) is 9.59 Å².